The number of carbonyl (C=O) groups excluding carboxylic acids is 2. The number of rotatable bonds is 6. The monoisotopic (exact) mass is 549 g/mol. The molecule has 0 spiro atoms. The fourth-order valence-corrected chi connectivity index (χ4v) is 5.95. The van der Waals surface area contributed by atoms with Crippen molar-refractivity contribution in [3.63, 3.8) is 0 Å². The fraction of sp³-hybridized carbons (Fsp3) is 0.367. The molecule has 3 aromatic rings. The van der Waals surface area contributed by atoms with E-state index in [1.165, 1.54) is 12.3 Å². The van der Waals surface area contributed by atoms with Crippen molar-refractivity contribution in [2.75, 3.05) is 6.61 Å². The Labute approximate surface area is 229 Å². The van der Waals surface area contributed by atoms with Gasteiger partial charge in [0.05, 0.1) is 13.2 Å². The Kier molecular flexibility index (Phi) is 7.10. The van der Waals surface area contributed by atoms with Crippen LogP contribution in [0.5, 0.6) is 5.75 Å². The third-order valence-corrected chi connectivity index (χ3v) is 7.99. The van der Waals surface area contributed by atoms with Gasteiger partial charge in [0, 0.05) is 36.3 Å². The zero-order valence-corrected chi connectivity index (χ0v) is 21.8. The van der Waals surface area contributed by atoms with Gasteiger partial charge in [-0.1, -0.05) is 49.2 Å². The van der Waals surface area contributed by atoms with Gasteiger partial charge < -0.3 is 24.3 Å². The second kappa shape index (κ2) is 10.8. The van der Waals surface area contributed by atoms with E-state index in [1.807, 2.05) is 30.3 Å². The van der Waals surface area contributed by atoms with E-state index < -0.39 is 29.2 Å². The first kappa shape index (κ1) is 26.2. The van der Waals surface area contributed by atoms with Crippen LogP contribution in [-0.2, 0) is 24.4 Å². The highest BCUT2D eigenvalue weighted by molar-refractivity contribution is 5.99. The fourth-order valence-electron chi connectivity index (χ4n) is 5.95. The minimum Gasteiger partial charge on any atom is -0.483 e. The van der Waals surface area contributed by atoms with Gasteiger partial charge in [0.25, 0.3) is 11.8 Å². The number of hydrogen-bond donors (Lipinski definition) is 1. The summed E-state index contributed by atoms with van der Waals surface area (Å²) in [6.45, 7) is 0.559. The Morgan fingerprint density at radius 3 is 2.67 bits per heavy atom. The van der Waals surface area contributed by atoms with E-state index in [0.29, 0.717) is 6.61 Å². The van der Waals surface area contributed by atoms with Gasteiger partial charge in [-0.05, 0) is 24.5 Å². The topological polar surface area (TPSA) is 89.9 Å². The van der Waals surface area contributed by atoms with Crippen LogP contribution in [0.1, 0.15) is 57.7 Å². The summed E-state index contributed by atoms with van der Waals surface area (Å²) >= 11 is 0. The molecule has 3 aliphatic rings. The van der Waals surface area contributed by atoms with Crippen molar-refractivity contribution < 1.29 is 27.8 Å². The summed E-state index contributed by atoms with van der Waals surface area (Å²) in [4.78, 5) is 42.6. The second-order valence-electron chi connectivity index (χ2n) is 10.5. The number of ether oxygens (including phenoxy) is 2. The third kappa shape index (κ3) is 4.88. The van der Waals surface area contributed by atoms with Crippen LogP contribution in [0.15, 0.2) is 59.5 Å². The Morgan fingerprint density at radius 1 is 1.07 bits per heavy atom. The van der Waals surface area contributed by atoms with Crippen LogP contribution in [0.25, 0.3) is 0 Å². The number of halogens is 2. The van der Waals surface area contributed by atoms with Gasteiger partial charge >= 0.3 is 0 Å². The van der Waals surface area contributed by atoms with Gasteiger partial charge in [0.2, 0.25) is 5.43 Å². The minimum absolute atomic E-state index is 0.0220. The smallest absolute Gasteiger partial charge is 0.276 e. The standard InChI is InChI=1S/C30H29F2N3O5/c31-21-11-10-19(23(32)12-21)13-33-29(37)22-14-34-15-25-35(24-9-5-4-8-20(24)17-39-25)30(38)26(34)28(27(22)36)40-16-18-6-2-1-3-7-18/h1-3,6-7,10-12,14,20,24-25H,4-5,8-9,13,15-17H2,(H,33,37). The predicted molar refractivity (Wildman–Crippen MR) is 141 cm³/mol. The van der Waals surface area contributed by atoms with Crippen molar-refractivity contribution in [2.24, 2.45) is 5.92 Å². The highest BCUT2D eigenvalue weighted by Crippen LogP contribution is 2.38. The molecule has 1 saturated heterocycles. The first-order valence-corrected chi connectivity index (χ1v) is 13.5. The molecule has 3 atom stereocenters. The Hall–Kier alpha value is -4.05. The molecule has 3 unspecified atom stereocenters. The molecule has 40 heavy (non-hydrogen) atoms. The summed E-state index contributed by atoms with van der Waals surface area (Å²) in [6.07, 6.45) is 4.80. The van der Waals surface area contributed by atoms with Gasteiger partial charge in [-0.15, -0.1) is 0 Å². The van der Waals surface area contributed by atoms with Crippen molar-refractivity contribution in [3.05, 3.63) is 99.0 Å². The highest BCUT2D eigenvalue weighted by atomic mass is 19.1. The Bertz CT molecular complexity index is 1510. The van der Waals surface area contributed by atoms with Crippen LogP contribution >= 0.6 is 0 Å². The number of hydrogen-bond acceptors (Lipinski definition) is 5. The number of carbonyl (C=O) groups is 2. The molecule has 208 valence electrons. The van der Waals surface area contributed by atoms with Crippen LogP contribution in [0.3, 0.4) is 0 Å². The number of fused-ring (bicyclic) bond motifs is 4. The molecule has 3 heterocycles. The molecule has 0 radical (unpaired) electrons. The highest BCUT2D eigenvalue weighted by Gasteiger charge is 2.46. The summed E-state index contributed by atoms with van der Waals surface area (Å²) in [7, 11) is 0. The Balaban J connectivity index is 1.35. The molecule has 10 heteroatoms. The zero-order chi connectivity index (χ0) is 27.8. The average molecular weight is 550 g/mol. The number of pyridine rings is 1. The lowest BCUT2D eigenvalue weighted by Gasteiger charge is -2.50. The largest absolute Gasteiger partial charge is 0.483 e. The molecule has 2 fully saturated rings. The predicted octanol–water partition coefficient (Wildman–Crippen LogP) is 4.01. The van der Waals surface area contributed by atoms with Crippen molar-refractivity contribution >= 4 is 11.8 Å². The lowest BCUT2D eigenvalue weighted by molar-refractivity contribution is -0.149. The quantitative estimate of drug-likeness (QED) is 0.502. The first-order chi connectivity index (χ1) is 19.4. The molecule has 0 bridgehead atoms. The lowest BCUT2D eigenvalue weighted by Crippen LogP contribution is -2.61. The van der Waals surface area contributed by atoms with Crippen molar-refractivity contribution in [1.29, 1.82) is 0 Å². The molecule has 1 aromatic heterocycles. The number of nitrogens with one attached hydrogen (secondary N) is 1. The summed E-state index contributed by atoms with van der Waals surface area (Å²) in [5, 5.41) is 2.53. The molecule has 1 saturated carbocycles. The van der Waals surface area contributed by atoms with Gasteiger partial charge in [0.1, 0.15) is 23.8 Å². The average Bonchev–Trinajstić information content (AvgIpc) is 2.96. The molecule has 1 aliphatic carbocycles. The lowest BCUT2D eigenvalue weighted by atomic mass is 9.82. The molecule has 8 nitrogen and oxygen atoms in total. The van der Waals surface area contributed by atoms with Crippen LogP contribution < -0.4 is 15.5 Å². The number of aromatic nitrogens is 1. The summed E-state index contributed by atoms with van der Waals surface area (Å²) in [6, 6.07) is 12.3. The number of benzene rings is 2. The maximum Gasteiger partial charge on any atom is 0.276 e. The maximum atomic E-state index is 14.1. The molecule has 6 rings (SSSR count). The Morgan fingerprint density at radius 2 is 1.88 bits per heavy atom. The van der Waals surface area contributed by atoms with E-state index >= 15 is 0 Å². The van der Waals surface area contributed by atoms with Crippen LogP contribution in [0.4, 0.5) is 8.78 Å². The maximum absolute atomic E-state index is 14.1. The third-order valence-electron chi connectivity index (χ3n) is 7.99. The van der Waals surface area contributed by atoms with E-state index in [9.17, 15) is 23.2 Å². The number of nitrogens with zero attached hydrogens (tertiary/aromatic N) is 2. The summed E-state index contributed by atoms with van der Waals surface area (Å²) in [5.74, 6) is -2.61. The van der Waals surface area contributed by atoms with Crippen molar-refractivity contribution in [2.45, 2.75) is 57.6 Å². The van der Waals surface area contributed by atoms with Crippen LogP contribution in [0, 0.1) is 17.6 Å². The molecule has 2 aliphatic heterocycles. The molecule has 2 aromatic carbocycles. The SMILES string of the molecule is O=C(NCc1ccc(F)cc1F)c1cn2c(c(OCc3ccccc3)c1=O)C(=O)N1C(C2)OCC2CCCCC21. The van der Waals surface area contributed by atoms with Gasteiger partial charge in [-0.25, -0.2) is 8.78 Å². The van der Waals surface area contributed by atoms with Gasteiger partial charge in [-0.2, -0.15) is 0 Å². The molecular formula is C30H29F2N3O5. The second-order valence-corrected chi connectivity index (χ2v) is 10.5. The summed E-state index contributed by atoms with van der Waals surface area (Å²) < 4.78 is 41.0. The van der Waals surface area contributed by atoms with Gasteiger partial charge in [-0.3, -0.25) is 14.4 Å². The zero-order valence-electron chi connectivity index (χ0n) is 21.8. The van der Waals surface area contributed by atoms with Crippen molar-refractivity contribution in [3.8, 4) is 5.75 Å². The molecule has 1 N–H and O–H groups in total. The van der Waals surface area contributed by atoms with Crippen LogP contribution in [0.2, 0.25) is 0 Å². The minimum atomic E-state index is -0.810. The number of amides is 2. The van der Waals surface area contributed by atoms with E-state index in [0.717, 1.165) is 43.4 Å². The van der Waals surface area contributed by atoms with Crippen LogP contribution in [-0.4, -0.2) is 40.2 Å². The normalized spacial score (nSPS) is 21.7. The molecule has 2 amide bonds. The van der Waals surface area contributed by atoms with Crippen molar-refractivity contribution in [1.82, 2.24) is 14.8 Å². The summed E-state index contributed by atoms with van der Waals surface area (Å²) in [5.41, 5.74) is -0.0341. The molecular weight excluding hydrogens is 520 g/mol. The van der Waals surface area contributed by atoms with E-state index in [4.69, 9.17) is 9.47 Å². The van der Waals surface area contributed by atoms with E-state index in [1.54, 1.807) is 9.47 Å². The van der Waals surface area contributed by atoms with Gasteiger partial charge in [0.15, 0.2) is 17.7 Å². The van der Waals surface area contributed by atoms with E-state index in [-0.39, 0.29) is 60.1 Å². The first-order valence-electron chi connectivity index (χ1n) is 13.5. The van der Waals surface area contributed by atoms with E-state index in [2.05, 4.69) is 5.32 Å².